The van der Waals surface area contributed by atoms with Gasteiger partial charge in [-0.2, -0.15) is 0 Å². The summed E-state index contributed by atoms with van der Waals surface area (Å²) in [6, 6.07) is 4.98. The van der Waals surface area contributed by atoms with E-state index in [-0.39, 0.29) is 4.90 Å². The molecule has 0 unspecified atom stereocenters. The fourth-order valence-corrected chi connectivity index (χ4v) is 3.08. The number of piperazine rings is 1. The molecule has 1 aliphatic heterocycles. The summed E-state index contributed by atoms with van der Waals surface area (Å²) in [6.07, 6.45) is 0.904. The van der Waals surface area contributed by atoms with E-state index in [0.717, 1.165) is 32.6 Å². The lowest BCUT2D eigenvalue weighted by molar-refractivity contribution is 0.309. The minimum Gasteiger partial charge on any atom is -0.494 e. The van der Waals surface area contributed by atoms with Gasteiger partial charge < -0.3 is 14.5 Å². The standard InChI is InChI=1S/C14H23N3O3S/c1-3-10-20-12-4-5-14(21(15,18)19)13(11-12)17-8-6-16(2)7-9-17/h4-5,11H,3,6-10H2,1-2H3,(H2,15,18,19). The maximum atomic E-state index is 11.8. The van der Waals surface area contributed by atoms with Crippen LogP contribution in [0.2, 0.25) is 0 Å². The summed E-state index contributed by atoms with van der Waals surface area (Å²) >= 11 is 0. The van der Waals surface area contributed by atoms with Crippen LogP contribution in [0.1, 0.15) is 13.3 Å². The molecule has 1 heterocycles. The fourth-order valence-electron chi connectivity index (χ4n) is 2.34. The van der Waals surface area contributed by atoms with E-state index in [9.17, 15) is 8.42 Å². The second kappa shape index (κ2) is 6.64. The number of likely N-dealkylation sites (N-methyl/N-ethyl adjacent to an activating group) is 1. The lowest BCUT2D eigenvalue weighted by atomic mass is 10.2. The van der Waals surface area contributed by atoms with Crippen molar-refractivity contribution < 1.29 is 13.2 Å². The topological polar surface area (TPSA) is 75.9 Å². The number of ether oxygens (including phenoxy) is 1. The predicted molar refractivity (Wildman–Crippen MR) is 83.3 cm³/mol. The van der Waals surface area contributed by atoms with E-state index in [0.29, 0.717) is 18.0 Å². The Morgan fingerprint density at radius 1 is 1.24 bits per heavy atom. The van der Waals surface area contributed by atoms with Crippen LogP contribution >= 0.6 is 0 Å². The van der Waals surface area contributed by atoms with Gasteiger partial charge in [0.15, 0.2) is 0 Å². The molecule has 0 aliphatic carbocycles. The van der Waals surface area contributed by atoms with Crippen molar-refractivity contribution >= 4 is 15.7 Å². The minimum atomic E-state index is -3.74. The molecule has 0 aromatic heterocycles. The highest BCUT2D eigenvalue weighted by atomic mass is 32.2. The lowest BCUT2D eigenvalue weighted by Gasteiger charge is -2.35. The largest absolute Gasteiger partial charge is 0.494 e. The quantitative estimate of drug-likeness (QED) is 0.873. The van der Waals surface area contributed by atoms with Crippen LogP contribution in [-0.2, 0) is 10.0 Å². The van der Waals surface area contributed by atoms with Crippen LogP contribution < -0.4 is 14.8 Å². The van der Waals surface area contributed by atoms with E-state index in [4.69, 9.17) is 9.88 Å². The van der Waals surface area contributed by atoms with Gasteiger partial charge >= 0.3 is 0 Å². The first-order chi connectivity index (χ1) is 9.91. The van der Waals surface area contributed by atoms with Gasteiger partial charge in [0.25, 0.3) is 0 Å². The summed E-state index contributed by atoms with van der Waals surface area (Å²) in [7, 11) is -1.69. The van der Waals surface area contributed by atoms with Crippen molar-refractivity contribution in [3.8, 4) is 5.75 Å². The van der Waals surface area contributed by atoms with Crippen molar-refractivity contribution in [2.75, 3.05) is 44.7 Å². The molecule has 21 heavy (non-hydrogen) atoms. The van der Waals surface area contributed by atoms with Gasteiger partial charge in [0.1, 0.15) is 10.6 Å². The zero-order valence-electron chi connectivity index (χ0n) is 12.6. The first-order valence-corrected chi connectivity index (χ1v) is 8.69. The SMILES string of the molecule is CCCOc1ccc(S(N)(=O)=O)c(N2CCN(C)CC2)c1. The normalized spacial score (nSPS) is 17.0. The van der Waals surface area contributed by atoms with Crippen molar-refractivity contribution in [3.05, 3.63) is 18.2 Å². The fraction of sp³-hybridized carbons (Fsp3) is 0.571. The number of hydrogen-bond donors (Lipinski definition) is 1. The Kier molecular flexibility index (Phi) is 5.08. The maximum Gasteiger partial charge on any atom is 0.240 e. The average molecular weight is 313 g/mol. The summed E-state index contributed by atoms with van der Waals surface area (Å²) in [5.41, 5.74) is 0.638. The van der Waals surface area contributed by atoms with Crippen LogP contribution in [0.25, 0.3) is 0 Å². The van der Waals surface area contributed by atoms with E-state index < -0.39 is 10.0 Å². The predicted octanol–water partition coefficient (Wildman–Crippen LogP) is 0.875. The monoisotopic (exact) mass is 313 g/mol. The molecule has 1 fully saturated rings. The molecule has 7 heteroatoms. The maximum absolute atomic E-state index is 11.8. The molecule has 1 aromatic rings. The van der Waals surface area contributed by atoms with Crippen LogP contribution in [0.3, 0.4) is 0 Å². The van der Waals surface area contributed by atoms with Gasteiger partial charge in [-0.05, 0) is 25.6 Å². The molecule has 118 valence electrons. The second-order valence-corrected chi connectivity index (χ2v) is 6.84. The summed E-state index contributed by atoms with van der Waals surface area (Å²) in [4.78, 5) is 4.43. The molecule has 0 saturated carbocycles. The second-order valence-electron chi connectivity index (χ2n) is 5.31. The third-order valence-corrected chi connectivity index (χ3v) is 4.51. The van der Waals surface area contributed by atoms with Crippen LogP contribution in [0.5, 0.6) is 5.75 Å². The third kappa shape index (κ3) is 4.09. The molecular formula is C14H23N3O3S. The van der Waals surface area contributed by atoms with Gasteiger partial charge in [0, 0.05) is 32.2 Å². The molecule has 0 radical (unpaired) electrons. The van der Waals surface area contributed by atoms with E-state index in [1.807, 2.05) is 6.92 Å². The van der Waals surface area contributed by atoms with Gasteiger partial charge in [-0.15, -0.1) is 0 Å². The zero-order chi connectivity index (χ0) is 15.5. The van der Waals surface area contributed by atoms with Crippen LogP contribution in [0.15, 0.2) is 23.1 Å². The molecule has 0 amide bonds. The molecule has 6 nitrogen and oxygen atoms in total. The number of primary sulfonamides is 1. The van der Waals surface area contributed by atoms with E-state index >= 15 is 0 Å². The van der Waals surface area contributed by atoms with Gasteiger partial charge in [0.05, 0.1) is 12.3 Å². The lowest BCUT2D eigenvalue weighted by Crippen LogP contribution is -2.45. The first-order valence-electron chi connectivity index (χ1n) is 7.15. The molecule has 1 aromatic carbocycles. The summed E-state index contributed by atoms with van der Waals surface area (Å²) in [5.74, 6) is 0.679. The number of sulfonamides is 1. The molecule has 0 spiro atoms. The number of rotatable bonds is 5. The highest BCUT2D eigenvalue weighted by molar-refractivity contribution is 7.89. The van der Waals surface area contributed by atoms with Crippen LogP contribution in [0, 0.1) is 0 Å². The molecule has 0 atom stereocenters. The van der Waals surface area contributed by atoms with Crippen LogP contribution in [-0.4, -0.2) is 53.2 Å². The molecular weight excluding hydrogens is 290 g/mol. The Morgan fingerprint density at radius 2 is 1.90 bits per heavy atom. The highest BCUT2D eigenvalue weighted by Crippen LogP contribution is 2.30. The third-order valence-electron chi connectivity index (χ3n) is 3.55. The molecule has 2 N–H and O–H groups in total. The summed E-state index contributed by atoms with van der Waals surface area (Å²) < 4.78 is 29.2. The van der Waals surface area contributed by atoms with Gasteiger partial charge in [-0.1, -0.05) is 6.92 Å². The Bertz CT molecular complexity index is 581. The Morgan fingerprint density at radius 3 is 2.48 bits per heavy atom. The highest BCUT2D eigenvalue weighted by Gasteiger charge is 2.22. The number of nitrogens with two attached hydrogens (primary N) is 1. The van der Waals surface area contributed by atoms with Gasteiger partial charge in [-0.25, -0.2) is 13.6 Å². The van der Waals surface area contributed by atoms with Crippen molar-refractivity contribution in [1.82, 2.24) is 4.90 Å². The first kappa shape index (κ1) is 16.1. The van der Waals surface area contributed by atoms with Gasteiger partial charge in [0.2, 0.25) is 10.0 Å². The van der Waals surface area contributed by atoms with E-state index in [2.05, 4.69) is 16.8 Å². The molecule has 1 saturated heterocycles. The van der Waals surface area contributed by atoms with E-state index in [1.165, 1.54) is 6.07 Å². The Labute approximate surface area is 126 Å². The smallest absolute Gasteiger partial charge is 0.240 e. The van der Waals surface area contributed by atoms with Crippen molar-refractivity contribution in [1.29, 1.82) is 0 Å². The number of anilines is 1. The van der Waals surface area contributed by atoms with Crippen molar-refractivity contribution in [3.63, 3.8) is 0 Å². The number of nitrogens with zero attached hydrogens (tertiary/aromatic N) is 2. The summed E-state index contributed by atoms with van der Waals surface area (Å²) in [6.45, 7) is 5.97. The van der Waals surface area contributed by atoms with Crippen LogP contribution in [0.4, 0.5) is 5.69 Å². The molecule has 0 bridgehead atoms. The Balaban J connectivity index is 2.34. The van der Waals surface area contributed by atoms with E-state index in [1.54, 1.807) is 12.1 Å². The molecule has 2 rings (SSSR count). The number of hydrogen-bond acceptors (Lipinski definition) is 5. The number of benzene rings is 1. The minimum absolute atomic E-state index is 0.163. The van der Waals surface area contributed by atoms with Gasteiger partial charge in [-0.3, -0.25) is 0 Å². The summed E-state index contributed by atoms with van der Waals surface area (Å²) in [5, 5.41) is 5.34. The van der Waals surface area contributed by atoms with Crippen molar-refractivity contribution in [2.45, 2.75) is 18.2 Å². The average Bonchev–Trinajstić information content (AvgIpc) is 2.44. The Hall–Kier alpha value is -1.31. The van der Waals surface area contributed by atoms with Crippen molar-refractivity contribution in [2.24, 2.45) is 5.14 Å². The molecule has 1 aliphatic rings. The zero-order valence-corrected chi connectivity index (χ0v) is 13.4.